The van der Waals surface area contributed by atoms with Gasteiger partial charge in [0.05, 0.1) is 23.0 Å². The van der Waals surface area contributed by atoms with Gasteiger partial charge in [0.2, 0.25) is 0 Å². The molecule has 1 aromatic carbocycles. The highest BCUT2D eigenvalue weighted by atomic mass is 19.1. The second-order valence-electron chi connectivity index (χ2n) is 7.25. The fraction of sp³-hybridized carbons (Fsp3) is 0.318. The maximum atomic E-state index is 14.2. The SMILES string of the molecule is CC([N+]=NC1C=CC(N2CCC[C@@H]2c2cc(F)ccc2F)=CO1)c1ccc(F)cn1. The molecule has 2 unspecified atom stereocenters. The van der Waals surface area contributed by atoms with E-state index in [1.807, 2.05) is 11.0 Å². The number of azo groups is 1. The normalized spacial score (nSPS) is 22.3. The molecule has 1 fully saturated rings. The summed E-state index contributed by atoms with van der Waals surface area (Å²) in [5, 5.41) is 8.34. The minimum absolute atomic E-state index is 0.247. The molecule has 1 aromatic heterocycles. The Balaban J connectivity index is 1.41. The Morgan fingerprint density at radius 3 is 2.77 bits per heavy atom. The van der Waals surface area contributed by atoms with Crippen LogP contribution < -0.4 is 5.11 Å². The van der Waals surface area contributed by atoms with Gasteiger partial charge in [-0.1, -0.05) is 0 Å². The average Bonchev–Trinajstić information content (AvgIpc) is 3.24. The van der Waals surface area contributed by atoms with Crippen LogP contribution in [-0.2, 0) is 4.74 Å². The van der Waals surface area contributed by atoms with E-state index >= 15 is 0 Å². The van der Waals surface area contributed by atoms with Crippen molar-refractivity contribution in [1.82, 2.24) is 15.0 Å². The molecule has 1 saturated heterocycles. The molecule has 0 bridgehead atoms. The topological polar surface area (TPSA) is 51.8 Å². The van der Waals surface area contributed by atoms with Crippen molar-refractivity contribution in [2.45, 2.75) is 38.1 Å². The van der Waals surface area contributed by atoms with Crippen molar-refractivity contribution in [3.63, 3.8) is 0 Å². The van der Waals surface area contributed by atoms with Crippen LogP contribution in [0.2, 0.25) is 0 Å². The molecule has 155 valence electrons. The van der Waals surface area contributed by atoms with Crippen molar-refractivity contribution in [2.24, 2.45) is 5.11 Å². The number of nitrogens with zero attached hydrogens (tertiary/aromatic N) is 4. The van der Waals surface area contributed by atoms with E-state index in [9.17, 15) is 13.2 Å². The van der Waals surface area contributed by atoms with Gasteiger partial charge in [-0.05, 0) is 55.3 Å². The molecule has 2 aliphatic rings. The van der Waals surface area contributed by atoms with Crippen LogP contribution in [0.15, 0.2) is 65.8 Å². The van der Waals surface area contributed by atoms with Crippen LogP contribution >= 0.6 is 0 Å². The van der Waals surface area contributed by atoms with Gasteiger partial charge in [-0.15, -0.1) is 0 Å². The third-order valence-electron chi connectivity index (χ3n) is 5.19. The van der Waals surface area contributed by atoms with E-state index in [4.69, 9.17) is 4.74 Å². The average molecular weight is 414 g/mol. The quantitative estimate of drug-likeness (QED) is 0.652. The van der Waals surface area contributed by atoms with Crippen LogP contribution in [0.4, 0.5) is 13.2 Å². The van der Waals surface area contributed by atoms with Crippen LogP contribution in [-0.4, -0.2) is 22.7 Å². The first-order chi connectivity index (χ1) is 14.5. The zero-order chi connectivity index (χ0) is 21.1. The summed E-state index contributed by atoms with van der Waals surface area (Å²) in [5.41, 5.74) is 1.73. The Kier molecular flexibility index (Phi) is 5.83. The Hall–Kier alpha value is -3.16. The highest BCUT2D eigenvalue weighted by molar-refractivity contribution is 5.28. The summed E-state index contributed by atoms with van der Waals surface area (Å²) in [7, 11) is 0. The first-order valence-corrected chi connectivity index (χ1v) is 9.78. The van der Waals surface area contributed by atoms with Gasteiger partial charge in [0, 0.05) is 19.0 Å². The zero-order valence-corrected chi connectivity index (χ0v) is 16.4. The molecule has 0 spiro atoms. The maximum Gasteiger partial charge on any atom is 0.291 e. The number of likely N-dealkylation sites (tertiary alicyclic amines) is 1. The van der Waals surface area contributed by atoms with Crippen molar-refractivity contribution in [2.75, 3.05) is 6.54 Å². The Morgan fingerprint density at radius 1 is 1.20 bits per heavy atom. The van der Waals surface area contributed by atoms with Crippen LogP contribution in [0.5, 0.6) is 0 Å². The molecule has 5 nitrogen and oxygen atoms in total. The number of pyridine rings is 1. The number of halogens is 3. The molecule has 1 radical (unpaired) electrons. The molecule has 0 saturated carbocycles. The summed E-state index contributed by atoms with van der Waals surface area (Å²) >= 11 is 0. The van der Waals surface area contributed by atoms with E-state index in [1.165, 1.54) is 12.1 Å². The number of benzene rings is 1. The molecule has 30 heavy (non-hydrogen) atoms. The Labute approximate surface area is 172 Å². The van der Waals surface area contributed by atoms with Crippen LogP contribution in [0, 0.1) is 17.5 Å². The summed E-state index contributed by atoms with van der Waals surface area (Å²) in [5.74, 6) is -1.27. The smallest absolute Gasteiger partial charge is 0.291 e. The third kappa shape index (κ3) is 4.37. The molecular formula is C22H21F3N4O+. The first kappa shape index (κ1) is 20.1. The zero-order valence-electron chi connectivity index (χ0n) is 16.4. The van der Waals surface area contributed by atoms with Gasteiger partial charge in [0.1, 0.15) is 29.4 Å². The summed E-state index contributed by atoms with van der Waals surface area (Å²) in [6.07, 6.45) is 7.32. The summed E-state index contributed by atoms with van der Waals surface area (Å²) in [6, 6.07) is 5.85. The van der Waals surface area contributed by atoms with E-state index in [2.05, 4.69) is 15.2 Å². The van der Waals surface area contributed by atoms with E-state index in [-0.39, 0.29) is 12.1 Å². The molecule has 3 atom stereocenters. The Bertz CT molecular complexity index is 990. The van der Waals surface area contributed by atoms with Gasteiger partial charge < -0.3 is 9.64 Å². The van der Waals surface area contributed by atoms with Crippen LogP contribution in [0.3, 0.4) is 0 Å². The number of ether oxygens (including phenoxy) is 1. The Morgan fingerprint density at radius 2 is 2.03 bits per heavy atom. The van der Waals surface area contributed by atoms with Crippen LogP contribution in [0.25, 0.3) is 0 Å². The summed E-state index contributed by atoms with van der Waals surface area (Å²) < 4.78 is 46.5. The molecule has 2 aromatic rings. The van der Waals surface area contributed by atoms with Gasteiger partial charge in [-0.3, -0.25) is 4.98 Å². The monoisotopic (exact) mass is 414 g/mol. The number of hydrogen-bond donors (Lipinski definition) is 0. The number of rotatable bonds is 5. The molecule has 8 heteroatoms. The van der Waals surface area contributed by atoms with E-state index in [0.29, 0.717) is 11.3 Å². The van der Waals surface area contributed by atoms with Gasteiger partial charge >= 0.3 is 0 Å². The highest BCUT2D eigenvalue weighted by Gasteiger charge is 2.31. The third-order valence-corrected chi connectivity index (χ3v) is 5.19. The number of hydrogen-bond acceptors (Lipinski definition) is 5. The number of allylic oxidation sites excluding steroid dienone is 1. The van der Waals surface area contributed by atoms with Gasteiger partial charge in [0.15, 0.2) is 5.11 Å². The van der Waals surface area contributed by atoms with E-state index < -0.39 is 23.7 Å². The van der Waals surface area contributed by atoms with Crippen molar-refractivity contribution < 1.29 is 17.9 Å². The molecular weight excluding hydrogens is 393 g/mol. The molecule has 4 rings (SSSR count). The fourth-order valence-electron chi connectivity index (χ4n) is 3.66. The minimum atomic E-state index is -0.594. The molecule has 0 amide bonds. The summed E-state index contributed by atoms with van der Waals surface area (Å²) in [6.45, 7) is 2.53. The summed E-state index contributed by atoms with van der Waals surface area (Å²) in [4.78, 5) is 6.00. The van der Waals surface area contributed by atoms with Crippen molar-refractivity contribution in [3.05, 3.63) is 89.3 Å². The maximum absolute atomic E-state index is 14.2. The van der Waals surface area contributed by atoms with Crippen molar-refractivity contribution in [3.8, 4) is 0 Å². The largest absolute Gasteiger partial charge is 0.464 e. The standard InChI is InChI=1S/C22H21F3N4O/c1-14(20-8-5-16(24)12-26-20)27-28-22-9-6-17(13-30-22)29-10-2-3-21(29)18-11-15(23)4-7-19(18)25/h4-9,11-14,21-22H,2-3,10H2,1H3/q+1/t14?,21-,22?/m1/s1. The highest BCUT2D eigenvalue weighted by Crippen LogP contribution is 2.37. The van der Waals surface area contributed by atoms with Gasteiger partial charge in [-0.25, -0.2) is 13.2 Å². The molecule has 0 aliphatic carbocycles. The lowest BCUT2D eigenvalue weighted by atomic mass is 10.0. The molecule has 2 aliphatic heterocycles. The second-order valence-corrected chi connectivity index (χ2v) is 7.25. The predicted molar refractivity (Wildman–Crippen MR) is 104 cm³/mol. The molecule has 3 heterocycles. The lowest BCUT2D eigenvalue weighted by Crippen LogP contribution is -2.25. The second kappa shape index (κ2) is 8.69. The van der Waals surface area contributed by atoms with Crippen molar-refractivity contribution in [1.29, 1.82) is 0 Å². The minimum Gasteiger partial charge on any atom is -0.464 e. The fourth-order valence-corrected chi connectivity index (χ4v) is 3.66. The lowest BCUT2D eigenvalue weighted by molar-refractivity contribution is 0.164. The van der Waals surface area contributed by atoms with Gasteiger partial charge in [0.25, 0.3) is 12.3 Å². The predicted octanol–water partition coefficient (Wildman–Crippen LogP) is 4.94. The van der Waals surface area contributed by atoms with E-state index in [1.54, 1.807) is 25.3 Å². The van der Waals surface area contributed by atoms with Crippen LogP contribution in [0.1, 0.15) is 43.1 Å². The first-order valence-electron chi connectivity index (χ1n) is 9.78. The number of aromatic nitrogens is 1. The van der Waals surface area contributed by atoms with Crippen molar-refractivity contribution >= 4 is 0 Å². The molecule has 0 N–H and O–H groups in total. The lowest BCUT2D eigenvalue weighted by Gasteiger charge is -2.29. The van der Waals surface area contributed by atoms with E-state index in [0.717, 1.165) is 43.4 Å². The van der Waals surface area contributed by atoms with Gasteiger partial charge in [-0.2, -0.15) is 0 Å².